The van der Waals surface area contributed by atoms with Gasteiger partial charge in [-0.05, 0) is 31.7 Å². The second-order valence-corrected chi connectivity index (χ2v) is 5.06. The van der Waals surface area contributed by atoms with Crippen molar-refractivity contribution in [3.63, 3.8) is 0 Å². The van der Waals surface area contributed by atoms with Gasteiger partial charge < -0.3 is 15.7 Å². The highest BCUT2D eigenvalue weighted by Crippen LogP contribution is 2.29. The Morgan fingerprint density at radius 3 is 2.76 bits per heavy atom. The topological polar surface area (TPSA) is 61.4 Å². The molecule has 0 aromatic rings. The average Bonchev–Trinajstić information content (AvgIpc) is 2.84. The molecule has 1 amide bonds. The van der Waals surface area contributed by atoms with Gasteiger partial charge in [0.1, 0.15) is 0 Å². The summed E-state index contributed by atoms with van der Waals surface area (Å²) in [5.41, 5.74) is -0.197. The minimum absolute atomic E-state index is 0.182. The molecule has 4 heteroatoms. The Morgan fingerprint density at radius 2 is 2.29 bits per heavy atom. The van der Waals surface area contributed by atoms with Gasteiger partial charge in [0.05, 0.1) is 5.41 Å². The Bertz CT molecular complexity index is 238. The predicted octanol–water partition coefficient (Wildman–Crippen LogP) is 0.901. The van der Waals surface area contributed by atoms with Crippen LogP contribution in [0.1, 0.15) is 39.5 Å². The monoisotopic (exact) mass is 242 g/mol. The molecule has 1 aliphatic heterocycles. The van der Waals surface area contributed by atoms with Gasteiger partial charge in [-0.25, -0.2) is 0 Å². The smallest absolute Gasteiger partial charge is 0.227 e. The van der Waals surface area contributed by atoms with Gasteiger partial charge in [-0.15, -0.1) is 0 Å². The molecule has 1 aliphatic rings. The van der Waals surface area contributed by atoms with E-state index in [4.69, 9.17) is 5.11 Å². The third-order valence-corrected chi connectivity index (χ3v) is 4.07. The van der Waals surface area contributed by atoms with Gasteiger partial charge >= 0.3 is 0 Å². The number of hydrogen-bond acceptors (Lipinski definition) is 3. The maximum absolute atomic E-state index is 12.2. The molecule has 1 rings (SSSR count). The SMILES string of the molecule is CCC(CCO)CNC(=O)C1(CC)CCNC1. The van der Waals surface area contributed by atoms with Crippen molar-refractivity contribution in [2.75, 3.05) is 26.2 Å². The molecule has 0 aromatic heterocycles. The molecule has 0 radical (unpaired) electrons. The normalized spacial score (nSPS) is 25.8. The van der Waals surface area contributed by atoms with Crippen molar-refractivity contribution >= 4 is 5.91 Å². The van der Waals surface area contributed by atoms with Crippen LogP contribution in [-0.2, 0) is 4.79 Å². The lowest BCUT2D eigenvalue weighted by molar-refractivity contribution is -0.130. The summed E-state index contributed by atoms with van der Waals surface area (Å²) >= 11 is 0. The maximum atomic E-state index is 12.2. The lowest BCUT2D eigenvalue weighted by Gasteiger charge is -2.26. The Labute approximate surface area is 104 Å². The van der Waals surface area contributed by atoms with Gasteiger partial charge in [0, 0.05) is 19.7 Å². The number of hydrogen-bond donors (Lipinski definition) is 3. The van der Waals surface area contributed by atoms with Gasteiger partial charge in [0.25, 0.3) is 0 Å². The van der Waals surface area contributed by atoms with E-state index >= 15 is 0 Å². The van der Waals surface area contributed by atoms with E-state index in [1.54, 1.807) is 0 Å². The van der Waals surface area contributed by atoms with Crippen molar-refractivity contribution in [2.45, 2.75) is 39.5 Å². The lowest BCUT2D eigenvalue weighted by Crippen LogP contribution is -2.43. The van der Waals surface area contributed by atoms with Crippen molar-refractivity contribution < 1.29 is 9.90 Å². The van der Waals surface area contributed by atoms with Crippen molar-refractivity contribution in [2.24, 2.45) is 11.3 Å². The van der Waals surface area contributed by atoms with E-state index in [-0.39, 0.29) is 17.9 Å². The molecule has 1 heterocycles. The zero-order chi connectivity index (χ0) is 12.7. The van der Waals surface area contributed by atoms with Crippen molar-refractivity contribution in [3.8, 4) is 0 Å². The Balaban J connectivity index is 2.42. The molecule has 2 unspecified atom stereocenters. The van der Waals surface area contributed by atoms with E-state index in [1.165, 1.54) is 0 Å². The molecule has 100 valence electrons. The summed E-state index contributed by atoms with van der Waals surface area (Å²) in [5, 5.41) is 15.3. The Morgan fingerprint density at radius 1 is 1.53 bits per heavy atom. The third-order valence-electron chi connectivity index (χ3n) is 4.07. The summed E-state index contributed by atoms with van der Waals surface area (Å²) < 4.78 is 0. The summed E-state index contributed by atoms with van der Waals surface area (Å²) in [4.78, 5) is 12.2. The van der Waals surface area contributed by atoms with Crippen LogP contribution in [0.5, 0.6) is 0 Å². The lowest BCUT2D eigenvalue weighted by atomic mass is 9.83. The second-order valence-electron chi connectivity index (χ2n) is 5.06. The van der Waals surface area contributed by atoms with E-state index in [0.717, 1.165) is 38.8 Å². The Kier molecular flexibility index (Phi) is 5.92. The summed E-state index contributed by atoms with van der Waals surface area (Å²) in [6.45, 7) is 6.81. The first-order valence-corrected chi connectivity index (χ1v) is 6.78. The molecule has 2 atom stereocenters. The van der Waals surface area contributed by atoms with Crippen LogP contribution < -0.4 is 10.6 Å². The first-order chi connectivity index (χ1) is 8.18. The largest absolute Gasteiger partial charge is 0.396 e. The second kappa shape index (κ2) is 6.97. The quantitative estimate of drug-likeness (QED) is 0.621. The fourth-order valence-corrected chi connectivity index (χ4v) is 2.46. The number of aliphatic hydroxyl groups is 1. The molecular formula is C13H26N2O2. The zero-order valence-corrected chi connectivity index (χ0v) is 11.1. The fourth-order valence-electron chi connectivity index (χ4n) is 2.46. The average molecular weight is 242 g/mol. The first kappa shape index (κ1) is 14.5. The van der Waals surface area contributed by atoms with Crippen LogP contribution in [-0.4, -0.2) is 37.3 Å². The molecule has 3 N–H and O–H groups in total. The minimum Gasteiger partial charge on any atom is -0.396 e. The fraction of sp³-hybridized carbons (Fsp3) is 0.923. The molecular weight excluding hydrogens is 216 g/mol. The highest BCUT2D eigenvalue weighted by molar-refractivity contribution is 5.83. The molecule has 1 saturated heterocycles. The third kappa shape index (κ3) is 3.68. The number of amides is 1. The number of rotatable bonds is 7. The summed E-state index contributed by atoms with van der Waals surface area (Å²) in [7, 11) is 0. The molecule has 0 aromatic carbocycles. The van der Waals surface area contributed by atoms with Crippen LogP contribution in [0.25, 0.3) is 0 Å². The van der Waals surface area contributed by atoms with E-state index in [9.17, 15) is 4.79 Å². The van der Waals surface area contributed by atoms with Gasteiger partial charge in [-0.1, -0.05) is 20.3 Å². The predicted molar refractivity (Wildman–Crippen MR) is 68.7 cm³/mol. The summed E-state index contributed by atoms with van der Waals surface area (Å²) in [5.74, 6) is 0.577. The molecule has 0 spiro atoms. The summed E-state index contributed by atoms with van der Waals surface area (Å²) in [6.07, 6.45) is 3.60. The van der Waals surface area contributed by atoms with E-state index in [1.807, 2.05) is 0 Å². The number of carbonyl (C=O) groups excluding carboxylic acids is 1. The van der Waals surface area contributed by atoms with Crippen LogP contribution in [0.2, 0.25) is 0 Å². The maximum Gasteiger partial charge on any atom is 0.227 e. The standard InChI is InChI=1S/C13H26N2O2/c1-3-11(5-8-16)9-15-12(17)13(4-2)6-7-14-10-13/h11,14,16H,3-10H2,1-2H3,(H,15,17). The van der Waals surface area contributed by atoms with Crippen molar-refractivity contribution in [3.05, 3.63) is 0 Å². The number of carbonyl (C=O) groups is 1. The van der Waals surface area contributed by atoms with Crippen molar-refractivity contribution in [1.29, 1.82) is 0 Å². The van der Waals surface area contributed by atoms with Crippen LogP contribution >= 0.6 is 0 Å². The van der Waals surface area contributed by atoms with Crippen LogP contribution in [0.3, 0.4) is 0 Å². The number of nitrogens with one attached hydrogen (secondary N) is 2. The van der Waals surface area contributed by atoms with E-state index < -0.39 is 0 Å². The molecule has 0 aliphatic carbocycles. The van der Waals surface area contributed by atoms with Crippen LogP contribution in [0.4, 0.5) is 0 Å². The number of aliphatic hydroxyl groups excluding tert-OH is 1. The highest BCUT2D eigenvalue weighted by Gasteiger charge is 2.39. The van der Waals surface area contributed by atoms with Crippen LogP contribution in [0.15, 0.2) is 0 Å². The van der Waals surface area contributed by atoms with E-state index in [0.29, 0.717) is 12.5 Å². The van der Waals surface area contributed by atoms with E-state index in [2.05, 4.69) is 24.5 Å². The molecule has 4 nitrogen and oxygen atoms in total. The molecule has 1 fully saturated rings. The van der Waals surface area contributed by atoms with Gasteiger partial charge in [-0.3, -0.25) is 4.79 Å². The zero-order valence-electron chi connectivity index (χ0n) is 11.1. The van der Waals surface area contributed by atoms with Gasteiger partial charge in [-0.2, -0.15) is 0 Å². The molecule has 0 saturated carbocycles. The molecule has 17 heavy (non-hydrogen) atoms. The van der Waals surface area contributed by atoms with Crippen LogP contribution in [0, 0.1) is 11.3 Å². The minimum atomic E-state index is -0.197. The van der Waals surface area contributed by atoms with Gasteiger partial charge in [0.2, 0.25) is 5.91 Å². The summed E-state index contributed by atoms with van der Waals surface area (Å²) in [6, 6.07) is 0. The Hall–Kier alpha value is -0.610. The highest BCUT2D eigenvalue weighted by atomic mass is 16.3. The van der Waals surface area contributed by atoms with Gasteiger partial charge in [0.15, 0.2) is 0 Å². The van der Waals surface area contributed by atoms with Crippen molar-refractivity contribution in [1.82, 2.24) is 10.6 Å². The first-order valence-electron chi connectivity index (χ1n) is 6.78. The molecule has 0 bridgehead atoms.